The largest absolute Gasteiger partial charge is 0.344 e. The van der Waals surface area contributed by atoms with Crippen molar-refractivity contribution in [1.29, 1.82) is 0 Å². The second-order valence-corrected chi connectivity index (χ2v) is 7.47. The van der Waals surface area contributed by atoms with Crippen LogP contribution < -0.4 is 5.32 Å². The molecule has 1 N–H and O–H groups in total. The molecule has 5 heteroatoms. The van der Waals surface area contributed by atoms with Crippen LogP contribution in [0.5, 0.6) is 0 Å². The molecule has 27 heavy (non-hydrogen) atoms. The van der Waals surface area contributed by atoms with Crippen molar-refractivity contribution in [3.63, 3.8) is 0 Å². The van der Waals surface area contributed by atoms with Crippen molar-refractivity contribution in [1.82, 2.24) is 5.32 Å². The molecule has 3 aromatic rings. The van der Waals surface area contributed by atoms with E-state index in [1.165, 1.54) is 17.8 Å². The molecule has 0 saturated heterocycles. The molecule has 0 bridgehead atoms. The van der Waals surface area contributed by atoms with E-state index in [0.717, 1.165) is 11.1 Å². The Hall–Kier alpha value is -2.30. The molecule has 0 fully saturated rings. The maximum atomic E-state index is 13.8. The van der Waals surface area contributed by atoms with Gasteiger partial charge in [0.25, 0.3) is 0 Å². The molecule has 1 amide bonds. The summed E-state index contributed by atoms with van der Waals surface area (Å²) in [6, 6.07) is 24.1. The number of rotatable bonds is 7. The van der Waals surface area contributed by atoms with Gasteiger partial charge in [0.1, 0.15) is 5.82 Å². The first-order valence-electron chi connectivity index (χ1n) is 8.54. The minimum Gasteiger partial charge on any atom is -0.344 e. The number of hydrogen-bond acceptors (Lipinski definition) is 2. The summed E-state index contributed by atoms with van der Waals surface area (Å²) in [7, 11) is 0. The minimum atomic E-state index is -0.346. The lowest BCUT2D eigenvalue weighted by molar-refractivity contribution is -0.119. The first-order valence-corrected chi connectivity index (χ1v) is 10.1. The van der Waals surface area contributed by atoms with E-state index in [1.54, 1.807) is 12.1 Å². The predicted molar refractivity (Wildman–Crippen MR) is 110 cm³/mol. The van der Waals surface area contributed by atoms with Crippen molar-refractivity contribution in [2.45, 2.75) is 11.8 Å². The molecular formula is C22H19ClFNOS. The number of nitrogens with one attached hydrogen (secondary N) is 1. The van der Waals surface area contributed by atoms with E-state index >= 15 is 0 Å². The quantitative estimate of drug-likeness (QED) is 0.558. The maximum Gasteiger partial charge on any atom is 0.230 e. The van der Waals surface area contributed by atoms with Crippen molar-refractivity contribution in [3.8, 4) is 0 Å². The number of benzene rings is 3. The molecule has 138 valence electrons. The second-order valence-electron chi connectivity index (χ2n) is 6.05. The van der Waals surface area contributed by atoms with E-state index in [0.29, 0.717) is 16.3 Å². The number of thioether (sulfide) groups is 1. The van der Waals surface area contributed by atoms with Crippen LogP contribution >= 0.6 is 23.4 Å². The standard InChI is InChI=1S/C22H19ClFNOS/c23-19-12-11-18(20(24)13-19)14-27-15-21(26)25-22(16-7-3-1-4-8-16)17-9-5-2-6-10-17/h1-13,22H,14-15H2,(H,25,26). The van der Waals surface area contributed by atoms with Crippen molar-refractivity contribution < 1.29 is 9.18 Å². The summed E-state index contributed by atoms with van der Waals surface area (Å²) in [5.41, 5.74) is 2.58. The highest BCUT2D eigenvalue weighted by molar-refractivity contribution is 7.99. The van der Waals surface area contributed by atoms with Crippen LogP contribution in [0, 0.1) is 5.82 Å². The highest BCUT2D eigenvalue weighted by Gasteiger charge is 2.16. The average Bonchev–Trinajstić information content (AvgIpc) is 2.69. The summed E-state index contributed by atoms with van der Waals surface area (Å²) in [4.78, 5) is 12.5. The van der Waals surface area contributed by atoms with Gasteiger partial charge >= 0.3 is 0 Å². The lowest BCUT2D eigenvalue weighted by Gasteiger charge is -2.20. The van der Waals surface area contributed by atoms with E-state index in [9.17, 15) is 9.18 Å². The highest BCUT2D eigenvalue weighted by Crippen LogP contribution is 2.23. The molecule has 0 atom stereocenters. The SMILES string of the molecule is O=C(CSCc1ccc(Cl)cc1F)NC(c1ccccc1)c1ccccc1. The van der Waals surface area contributed by atoms with Gasteiger partial charge in [0.15, 0.2) is 0 Å². The summed E-state index contributed by atoms with van der Waals surface area (Å²) in [6.07, 6.45) is 0. The van der Waals surface area contributed by atoms with Crippen LogP contribution in [0.3, 0.4) is 0 Å². The zero-order valence-electron chi connectivity index (χ0n) is 14.6. The molecule has 0 aliphatic heterocycles. The van der Waals surface area contributed by atoms with E-state index in [4.69, 9.17) is 11.6 Å². The van der Waals surface area contributed by atoms with Crippen LogP contribution in [-0.4, -0.2) is 11.7 Å². The van der Waals surface area contributed by atoms with Crippen LogP contribution in [0.4, 0.5) is 4.39 Å². The van der Waals surface area contributed by atoms with E-state index in [2.05, 4.69) is 5.32 Å². The van der Waals surface area contributed by atoms with Crippen LogP contribution in [0.1, 0.15) is 22.7 Å². The molecule has 0 aliphatic rings. The molecule has 0 radical (unpaired) electrons. The monoisotopic (exact) mass is 399 g/mol. The summed E-state index contributed by atoms with van der Waals surface area (Å²) in [5.74, 6) is 0.227. The smallest absolute Gasteiger partial charge is 0.230 e. The fourth-order valence-corrected chi connectivity index (χ4v) is 3.73. The third-order valence-electron chi connectivity index (χ3n) is 4.08. The van der Waals surface area contributed by atoms with Crippen LogP contribution in [-0.2, 0) is 10.5 Å². The summed E-state index contributed by atoms with van der Waals surface area (Å²) >= 11 is 7.14. The number of halogens is 2. The van der Waals surface area contributed by atoms with E-state index in [1.807, 2.05) is 60.7 Å². The van der Waals surface area contributed by atoms with Gasteiger partial charge in [-0.3, -0.25) is 4.79 Å². The normalized spacial score (nSPS) is 10.8. The number of amides is 1. The van der Waals surface area contributed by atoms with Gasteiger partial charge in [-0.1, -0.05) is 78.3 Å². The molecule has 2 nitrogen and oxygen atoms in total. The minimum absolute atomic E-state index is 0.0907. The van der Waals surface area contributed by atoms with Crippen molar-refractivity contribution in [3.05, 3.63) is 106 Å². The Morgan fingerprint density at radius 3 is 2.11 bits per heavy atom. The van der Waals surface area contributed by atoms with Gasteiger partial charge in [-0.25, -0.2) is 4.39 Å². The van der Waals surface area contributed by atoms with Gasteiger partial charge in [-0.2, -0.15) is 0 Å². The van der Waals surface area contributed by atoms with Crippen LogP contribution in [0.2, 0.25) is 5.02 Å². The molecule has 0 saturated carbocycles. The van der Waals surface area contributed by atoms with Gasteiger partial charge in [0.05, 0.1) is 11.8 Å². The van der Waals surface area contributed by atoms with Gasteiger partial charge in [-0.05, 0) is 28.8 Å². The first-order chi connectivity index (χ1) is 13.1. The number of hydrogen-bond donors (Lipinski definition) is 1. The van der Waals surface area contributed by atoms with Gasteiger partial charge in [0, 0.05) is 10.8 Å². The highest BCUT2D eigenvalue weighted by atomic mass is 35.5. The molecular weight excluding hydrogens is 381 g/mol. The molecule has 3 rings (SSSR count). The predicted octanol–water partition coefficient (Wildman–Crippen LogP) is 5.62. The Bertz CT molecular complexity index is 850. The average molecular weight is 400 g/mol. The van der Waals surface area contributed by atoms with Crippen molar-refractivity contribution in [2.75, 3.05) is 5.75 Å². The van der Waals surface area contributed by atoms with Crippen LogP contribution in [0.25, 0.3) is 0 Å². The Labute approximate surface area is 167 Å². The van der Waals surface area contributed by atoms with Crippen molar-refractivity contribution >= 4 is 29.3 Å². The van der Waals surface area contributed by atoms with E-state index < -0.39 is 0 Å². The Kier molecular flexibility index (Phi) is 6.91. The zero-order chi connectivity index (χ0) is 19.1. The number of carbonyl (C=O) groups is 1. The zero-order valence-corrected chi connectivity index (χ0v) is 16.1. The maximum absolute atomic E-state index is 13.8. The van der Waals surface area contributed by atoms with Gasteiger partial charge < -0.3 is 5.32 Å². The van der Waals surface area contributed by atoms with Crippen molar-refractivity contribution in [2.24, 2.45) is 0 Å². The molecule has 0 spiro atoms. The second kappa shape index (κ2) is 9.58. The molecule has 0 heterocycles. The Morgan fingerprint density at radius 1 is 0.963 bits per heavy atom. The summed E-state index contributed by atoms with van der Waals surface area (Å²) in [6.45, 7) is 0. The van der Waals surface area contributed by atoms with Crippen LogP contribution in [0.15, 0.2) is 78.9 Å². The lowest BCUT2D eigenvalue weighted by Crippen LogP contribution is -2.30. The lowest BCUT2D eigenvalue weighted by atomic mass is 9.99. The van der Waals surface area contributed by atoms with E-state index in [-0.39, 0.29) is 23.5 Å². The Balaban J connectivity index is 1.63. The summed E-state index contributed by atoms with van der Waals surface area (Å²) < 4.78 is 13.8. The number of carbonyl (C=O) groups excluding carboxylic acids is 1. The molecule has 0 aromatic heterocycles. The third-order valence-corrected chi connectivity index (χ3v) is 5.29. The molecule has 0 aliphatic carbocycles. The van der Waals surface area contributed by atoms with Gasteiger partial charge in [0.2, 0.25) is 5.91 Å². The molecule has 3 aromatic carbocycles. The Morgan fingerprint density at radius 2 is 1.56 bits per heavy atom. The third kappa shape index (κ3) is 5.59. The fraction of sp³-hybridized carbons (Fsp3) is 0.136. The summed E-state index contributed by atoms with van der Waals surface area (Å²) in [5, 5.41) is 3.45. The first kappa shape index (κ1) is 19.5. The topological polar surface area (TPSA) is 29.1 Å². The fourth-order valence-electron chi connectivity index (χ4n) is 2.75. The molecule has 0 unspecified atom stereocenters. The van der Waals surface area contributed by atoms with Gasteiger partial charge in [-0.15, -0.1) is 11.8 Å².